The third-order valence-electron chi connectivity index (χ3n) is 2.79. The van der Waals surface area contributed by atoms with Crippen molar-refractivity contribution in [3.8, 4) is 5.75 Å². The third-order valence-corrected chi connectivity index (χ3v) is 2.79. The number of rotatable bonds is 3. The van der Waals surface area contributed by atoms with E-state index >= 15 is 0 Å². The molecule has 0 bridgehead atoms. The number of hydrogen-bond donors (Lipinski definition) is 1. The molecule has 100 valence electrons. The Morgan fingerprint density at radius 3 is 2.61 bits per heavy atom. The molecule has 1 heterocycles. The first kappa shape index (κ1) is 13.1. The zero-order valence-corrected chi connectivity index (χ0v) is 10.8. The number of methoxy groups -OCH3 is 1. The average Bonchev–Trinajstić information content (AvgIpc) is 2.34. The maximum atomic E-state index is 13.2. The minimum absolute atomic E-state index is 0.0493. The van der Waals surface area contributed by atoms with Crippen molar-refractivity contribution >= 4 is 5.69 Å². The number of ether oxygens (including phenoxy) is 3. The monoisotopic (exact) mass is 255 g/mol. The summed E-state index contributed by atoms with van der Waals surface area (Å²) >= 11 is 0. The molecular weight excluding hydrogens is 237 g/mol. The summed E-state index contributed by atoms with van der Waals surface area (Å²) in [5.41, 5.74) is 0.783. The molecule has 1 aliphatic rings. The number of anilines is 1. The summed E-state index contributed by atoms with van der Waals surface area (Å²) in [6.07, 6.45) is 0. The van der Waals surface area contributed by atoms with Crippen LogP contribution in [0.4, 0.5) is 10.1 Å². The molecule has 1 N–H and O–H groups in total. The molecular formula is C13H18FNO3. The third kappa shape index (κ3) is 3.11. The Morgan fingerprint density at radius 2 is 2.00 bits per heavy atom. The van der Waals surface area contributed by atoms with Gasteiger partial charge in [0.1, 0.15) is 0 Å². The number of halogens is 1. The zero-order valence-electron chi connectivity index (χ0n) is 10.8. The van der Waals surface area contributed by atoms with Gasteiger partial charge in [-0.15, -0.1) is 0 Å². The van der Waals surface area contributed by atoms with Crippen molar-refractivity contribution < 1.29 is 18.6 Å². The molecule has 0 saturated carbocycles. The van der Waals surface area contributed by atoms with Crippen molar-refractivity contribution in [2.75, 3.05) is 25.6 Å². The van der Waals surface area contributed by atoms with E-state index in [0.717, 1.165) is 5.69 Å². The van der Waals surface area contributed by atoms with E-state index in [1.54, 1.807) is 12.1 Å². The van der Waals surface area contributed by atoms with E-state index in [4.69, 9.17) is 14.2 Å². The maximum absolute atomic E-state index is 13.2. The van der Waals surface area contributed by atoms with Crippen LogP contribution < -0.4 is 10.1 Å². The van der Waals surface area contributed by atoms with E-state index in [2.05, 4.69) is 5.32 Å². The molecule has 1 saturated heterocycles. The van der Waals surface area contributed by atoms with Crippen molar-refractivity contribution in [2.45, 2.75) is 25.7 Å². The summed E-state index contributed by atoms with van der Waals surface area (Å²) in [4.78, 5) is 0. The van der Waals surface area contributed by atoms with Gasteiger partial charge in [-0.2, -0.15) is 0 Å². The van der Waals surface area contributed by atoms with Gasteiger partial charge in [0.2, 0.25) is 0 Å². The Bertz CT molecular complexity index is 413. The Balaban J connectivity index is 1.98. The molecule has 5 heteroatoms. The van der Waals surface area contributed by atoms with E-state index in [-0.39, 0.29) is 17.6 Å². The van der Waals surface area contributed by atoms with Crippen molar-refractivity contribution in [1.82, 2.24) is 0 Å². The van der Waals surface area contributed by atoms with Gasteiger partial charge in [-0.25, -0.2) is 4.39 Å². The highest BCUT2D eigenvalue weighted by atomic mass is 19.1. The summed E-state index contributed by atoms with van der Waals surface area (Å²) < 4.78 is 29.3. The lowest BCUT2D eigenvalue weighted by molar-refractivity contribution is -0.247. The van der Waals surface area contributed by atoms with Crippen LogP contribution in [0.2, 0.25) is 0 Å². The first-order valence-corrected chi connectivity index (χ1v) is 5.88. The van der Waals surface area contributed by atoms with Crippen molar-refractivity contribution in [1.29, 1.82) is 0 Å². The van der Waals surface area contributed by atoms with Crippen LogP contribution in [-0.4, -0.2) is 32.2 Å². The van der Waals surface area contributed by atoms with Crippen molar-refractivity contribution in [3.63, 3.8) is 0 Å². The molecule has 0 aliphatic carbocycles. The molecule has 4 nitrogen and oxygen atoms in total. The van der Waals surface area contributed by atoms with Crippen LogP contribution in [0.5, 0.6) is 5.75 Å². The molecule has 0 unspecified atom stereocenters. The number of hydrogen-bond acceptors (Lipinski definition) is 4. The van der Waals surface area contributed by atoms with Crippen molar-refractivity contribution in [3.05, 3.63) is 24.0 Å². The van der Waals surface area contributed by atoms with Gasteiger partial charge in [0, 0.05) is 11.8 Å². The van der Waals surface area contributed by atoms with Gasteiger partial charge in [0.15, 0.2) is 17.4 Å². The van der Waals surface area contributed by atoms with Gasteiger partial charge >= 0.3 is 0 Å². The smallest absolute Gasteiger partial charge is 0.165 e. The first-order chi connectivity index (χ1) is 8.50. The van der Waals surface area contributed by atoms with Crippen LogP contribution in [0.25, 0.3) is 0 Å². The van der Waals surface area contributed by atoms with Gasteiger partial charge in [-0.1, -0.05) is 0 Å². The van der Waals surface area contributed by atoms with Gasteiger partial charge in [-0.3, -0.25) is 0 Å². The molecule has 1 fully saturated rings. The fourth-order valence-electron chi connectivity index (χ4n) is 1.76. The Kier molecular flexibility index (Phi) is 3.73. The summed E-state index contributed by atoms with van der Waals surface area (Å²) in [5, 5.41) is 3.22. The van der Waals surface area contributed by atoms with E-state index in [9.17, 15) is 4.39 Å². The van der Waals surface area contributed by atoms with E-state index in [1.807, 2.05) is 13.8 Å². The molecule has 18 heavy (non-hydrogen) atoms. The molecule has 0 radical (unpaired) electrons. The Hall–Kier alpha value is -1.33. The topological polar surface area (TPSA) is 39.7 Å². The van der Waals surface area contributed by atoms with Crippen LogP contribution in [0, 0.1) is 5.82 Å². The second kappa shape index (κ2) is 5.12. The molecule has 0 atom stereocenters. The molecule has 2 rings (SSSR count). The lowest BCUT2D eigenvalue weighted by Crippen LogP contribution is -2.45. The lowest BCUT2D eigenvalue weighted by atomic mass is 10.2. The first-order valence-electron chi connectivity index (χ1n) is 5.88. The predicted molar refractivity (Wildman–Crippen MR) is 66.3 cm³/mol. The lowest BCUT2D eigenvalue weighted by Gasteiger charge is -2.35. The molecule has 0 amide bonds. The highest BCUT2D eigenvalue weighted by Gasteiger charge is 2.28. The predicted octanol–water partition coefficient (Wildman–Crippen LogP) is 2.40. The number of benzene rings is 1. The minimum atomic E-state index is -0.529. The average molecular weight is 255 g/mol. The summed E-state index contributed by atoms with van der Waals surface area (Å²) in [7, 11) is 1.44. The largest absolute Gasteiger partial charge is 0.494 e. The second-order valence-corrected chi connectivity index (χ2v) is 4.71. The summed E-state index contributed by atoms with van der Waals surface area (Å²) in [6, 6.07) is 4.70. The fraction of sp³-hybridized carbons (Fsp3) is 0.538. The van der Waals surface area contributed by atoms with Gasteiger partial charge in [-0.05, 0) is 26.0 Å². The highest BCUT2D eigenvalue weighted by molar-refractivity contribution is 5.49. The van der Waals surface area contributed by atoms with Crippen LogP contribution in [-0.2, 0) is 9.47 Å². The highest BCUT2D eigenvalue weighted by Crippen LogP contribution is 2.24. The van der Waals surface area contributed by atoms with Gasteiger partial charge < -0.3 is 19.5 Å². The molecule has 1 aromatic carbocycles. The number of nitrogens with one attached hydrogen (secondary N) is 1. The normalized spacial score (nSPS) is 19.6. The SMILES string of the molecule is COc1cc(NC2COC(C)(C)OC2)ccc1F. The fourth-order valence-corrected chi connectivity index (χ4v) is 1.76. The molecule has 0 aromatic heterocycles. The summed E-state index contributed by atoms with van der Waals surface area (Å²) in [6.45, 7) is 4.85. The minimum Gasteiger partial charge on any atom is -0.494 e. The standard InChI is InChI=1S/C13H18FNO3/c1-13(2)17-7-10(8-18-13)15-9-4-5-11(14)12(6-9)16-3/h4-6,10,15H,7-8H2,1-3H3. The second-order valence-electron chi connectivity index (χ2n) is 4.71. The van der Waals surface area contributed by atoms with E-state index in [1.165, 1.54) is 13.2 Å². The van der Waals surface area contributed by atoms with Crippen LogP contribution in [0.1, 0.15) is 13.8 Å². The molecule has 1 aliphatic heterocycles. The van der Waals surface area contributed by atoms with Crippen LogP contribution in [0.3, 0.4) is 0 Å². The van der Waals surface area contributed by atoms with Crippen LogP contribution >= 0.6 is 0 Å². The van der Waals surface area contributed by atoms with Crippen molar-refractivity contribution in [2.24, 2.45) is 0 Å². The van der Waals surface area contributed by atoms with Gasteiger partial charge in [0.25, 0.3) is 0 Å². The van der Waals surface area contributed by atoms with E-state index in [0.29, 0.717) is 13.2 Å². The zero-order chi connectivity index (χ0) is 13.2. The van der Waals surface area contributed by atoms with E-state index < -0.39 is 5.79 Å². The van der Waals surface area contributed by atoms with Gasteiger partial charge in [0.05, 0.1) is 26.4 Å². The quantitative estimate of drug-likeness (QED) is 0.900. The summed E-state index contributed by atoms with van der Waals surface area (Å²) in [5.74, 6) is -0.683. The molecule has 0 spiro atoms. The van der Waals surface area contributed by atoms with Crippen LogP contribution in [0.15, 0.2) is 18.2 Å². The maximum Gasteiger partial charge on any atom is 0.165 e. The Labute approximate surface area is 106 Å². The molecule has 1 aromatic rings. The Morgan fingerprint density at radius 1 is 1.33 bits per heavy atom.